The Morgan fingerprint density at radius 3 is 1.11 bits per heavy atom. The Labute approximate surface area is 516 Å². The zero-order chi connectivity index (χ0) is 65.4. The van der Waals surface area contributed by atoms with Crippen LogP contribution in [0, 0.1) is 36.5 Å². The van der Waals surface area contributed by atoms with Crippen molar-refractivity contribution < 1.29 is 72.9 Å². The molecule has 0 saturated carbocycles. The van der Waals surface area contributed by atoms with Crippen LogP contribution in [0.5, 0.6) is 0 Å². The van der Waals surface area contributed by atoms with Crippen molar-refractivity contribution in [3.05, 3.63) is 175 Å². The Hall–Kier alpha value is -9.04. The van der Waals surface area contributed by atoms with Crippen LogP contribution < -0.4 is 43.0 Å². The largest absolute Gasteiger partial charge is 0.416 e. The quantitative estimate of drug-likeness (QED) is 0.0205. The molecule has 0 aliphatic rings. The fourth-order valence-corrected chi connectivity index (χ4v) is 10.9. The van der Waals surface area contributed by atoms with Gasteiger partial charge in [0, 0.05) is 71.8 Å². The molecule has 0 aliphatic heterocycles. The second-order valence-electron chi connectivity index (χ2n) is 19.2. The third-order valence-electron chi connectivity index (χ3n) is 13.0. The number of amides is 6. The molecule has 6 rings (SSSR count). The average molecular weight is 1290 g/mol. The Bertz CT molecular complexity index is 3520. The van der Waals surface area contributed by atoms with Crippen LogP contribution in [0.1, 0.15) is 67.2 Å². The van der Waals surface area contributed by atoms with Crippen LogP contribution in [0.2, 0.25) is 0 Å². The molecule has 2 unspecified atom stereocenters. The number of halogens is 6. The van der Waals surface area contributed by atoms with Crippen LogP contribution in [-0.4, -0.2) is 134 Å². The summed E-state index contributed by atoms with van der Waals surface area (Å²) in [5.41, 5.74) is -4.71. The van der Waals surface area contributed by atoms with Crippen molar-refractivity contribution in [3.8, 4) is 23.5 Å². The van der Waals surface area contributed by atoms with Crippen LogP contribution in [-0.2, 0) is 52.9 Å². The van der Waals surface area contributed by atoms with Gasteiger partial charge in [0.2, 0.25) is 0 Å². The molecule has 0 fully saturated rings. The zero-order valence-electron chi connectivity index (χ0n) is 48.5. The molecule has 6 aromatic rings. The van der Waals surface area contributed by atoms with Crippen molar-refractivity contribution in [1.82, 2.24) is 41.0 Å². The van der Waals surface area contributed by atoms with E-state index in [1.165, 1.54) is 74.5 Å². The lowest BCUT2D eigenvalue weighted by atomic mass is 10.1. The van der Waals surface area contributed by atoms with E-state index in [0.717, 1.165) is 57.7 Å². The Balaban J connectivity index is 0.790. The highest BCUT2D eigenvalue weighted by molar-refractivity contribution is 7.85. The molecule has 90 heavy (non-hydrogen) atoms. The lowest BCUT2D eigenvalue weighted by Gasteiger charge is -2.18. The molecule has 22 nitrogen and oxygen atoms in total. The predicted molar refractivity (Wildman–Crippen MR) is 315 cm³/mol. The van der Waals surface area contributed by atoms with E-state index in [1.54, 1.807) is 0 Å². The maximum Gasteiger partial charge on any atom is 0.416 e. The van der Waals surface area contributed by atoms with Gasteiger partial charge in [-0.2, -0.15) is 36.9 Å². The lowest BCUT2D eigenvalue weighted by molar-refractivity contribution is -0.138. The SMILES string of the molecule is Cc1c(S(=O)c2ccc(C#N)cc2)cc(C(=O)NCCOCCOCCNC(=O)NCCCCNC(=O)NCCOCCOCCNC(=O)c2cc(S(=O)c3ccc(C#N)cc3)c(C)n(-c3cccc(C(F)(F)F)c3)c2=O)c(=O)n1-c1cccc(C(F)(F)F)c1. The molecule has 6 amide bonds. The number of unbranched alkanes of at least 4 members (excludes halogenated alkanes) is 1. The number of carbonyl (C=O) groups is 4. The standard InChI is InChI=1S/C60H62F6N10O12S2/c1-39-51(89(83)47-15-11-41(37-67)12-16-47)35-49(55(79)75(39)45-9-5-7-43(33-45)59(61,62)63)53(77)69-21-25-85-29-31-87-27-23-73-57(81)71-19-3-4-20-72-58(82)74-24-28-88-32-30-86-26-22-70-54(78)50-36-52(90(84)48-17-13-42(38-68)14-18-48)40(2)76(56(50)80)46-10-6-8-44(34-46)60(64,65)66/h5-18,33-36H,3-4,19-32H2,1-2H3,(H,69,77)(H,70,78)(H2,71,73,81)(H2,72,74,82). The number of urea groups is 2. The summed E-state index contributed by atoms with van der Waals surface area (Å²) in [6.07, 6.45) is -8.37. The third-order valence-corrected chi connectivity index (χ3v) is 16.0. The van der Waals surface area contributed by atoms with Crippen LogP contribution in [0.4, 0.5) is 35.9 Å². The molecule has 2 heterocycles. The number of pyridine rings is 2. The maximum atomic E-state index is 13.8. The summed E-state index contributed by atoms with van der Waals surface area (Å²) in [4.78, 5) is 79.0. The van der Waals surface area contributed by atoms with Gasteiger partial charge in [0.05, 0.1) is 119 Å². The third kappa shape index (κ3) is 20.2. The minimum Gasteiger partial charge on any atom is -0.377 e. The number of nitrogens with zero attached hydrogens (tertiary/aromatic N) is 4. The van der Waals surface area contributed by atoms with Crippen molar-refractivity contribution in [2.24, 2.45) is 0 Å². The number of alkyl halides is 6. The monoisotopic (exact) mass is 1290 g/mol. The number of hydrogen-bond acceptors (Lipinski definition) is 14. The number of aromatic nitrogens is 2. The predicted octanol–water partition coefficient (Wildman–Crippen LogP) is 6.32. The minimum absolute atomic E-state index is 0.0190. The number of carbonyl (C=O) groups excluding carboxylic acids is 4. The van der Waals surface area contributed by atoms with Gasteiger partial charge in [-0.1, -0.05) is 12.1 Å². The fourth-order valence-electron chi connectivity index (χ4n) is 8.45. The minimum atomic E-state index is -4.74. The smallest absolute Gasteiger partial charge is 0.377 e. The fraction of sp³-hybridized carbons (Fsp3) is 0.333. The molecule has 6 N–H and O–H groups in total. The summed E-state index contributed by atoms with van der Waals surface area (Å²) < 4.78 is 133. The van der Waals surface area contributed by atoms with E-state index >= 15 is 0 Å². The first kappa shape index (κ1) is 70.1. The van der Waals surface area contributed by atoms with Gasteiger partial charge in [-0.15, -0.1) is 0 Å². The highest BCUT2D eigenvalue weighted by Gasteiger charge is 2.33. The van der Waals surface area contributed by atoms with Gasteiger partial charge in [0.1, 0.15) is 11.1 Å². The molecule has 4 aromatic carbocycles. The van der Waals surface area contributed by atoms with Crippen molar-refractivity contribution in [1.29, 1.82) is 10.5 Å². The number of hydrogen-bond donors (Lipinski definition) is 6. The second-order valence-corrected chi connectivity index (χ2v) is 22.1. The summed E-state index contributed by atoms with van der Waals surface area (Å²) in [7, 11) is -4.05. The molecule has 2 atom stereocenters. The molecule has 478 valence electrons. The average Bonchev–Trinajstić information content (AvgIpc) is 0.820. The lowest BCUT2D eigenvalue weighted by Crippen LogP contribution is -2.39. The topological polar surface area (TPSA) is 303 Å². The zero-order valence-corrected chi connectivity index (χ0v) is 50.1. The van der Waals surface area contributed by atoms with E-state index in [-0.39, 0.29) is 133 Å². The molecule has 2 aromatic heterocycles. The van der Waals surface area contributed by atoms with Crippen LogP contribution in [0.3, 0.4) is 0 Å². The Morgan fingerprint density at radius 2 is 0.789 bits per heavy atom. The van der Waals surface area contributed by atoms with E-state index in [2.05, 4.69) is 31.9 Å². The van der Waals surface area contributed by atoms with Crippen LogP contribution in [0.25, 0.3) is 11.4 Å². The van der Waals surface area contributed by atoms with E-state index in [9.17, 15) is 74.1 Å². The first-order chi connectivity index (χ1) is 43.0. The molecule has 0 bridgehead atoms. The summed E-state index contributed by atoms with van der Waals surface area (Å²) in [5, 5.41) is 34.1. The van der Waals surface area contributed by atoms with Gasteiger partial charge in [-0.05, 0) is 124 Å². The van der Waals surface area contributed by atoms with Crippen LogP contribution >= 0.6 is 0 Å². The number of nitrogens with one attached hydrogen (secondary N) is 6. The molecule has 0 saturated heterocycles. The van der Waals surface area contributed by atoms with Crippen molar-refractivity contribution >= 4 is 45.5 Å². The first-order valence-electron chi connectivity index (χ1n) is 27.7. The van der Waals surface area contributed by atoms with Gasteiger partial charge >= 0.3 is 24.4 Å². The van der Waals surface area contributed by atoms with E-state index in [0.29, 0.717) is 25.9 Å². The summed E-state index contributed by atoms with van der Waals surface area (Å²) in [5.74, 6) is -1.78. The molecule has 0 aliphatic carbocycles. The van der Waals surface area contributed by atoms with Gasteiger partial charge in [0.15, 0.2) is 0 Å². The van der Waals surface area contributed by atoms with Crippen LogP contribution in [0.15, 0.2) is 138 Å². The Kier molecular flexibility index (Phi) is 26.5. The number of nitriles is 2. The van der Waals surface area contributed by atoms with E-state index in [4.69, 9.17) is 18.9 Å². The maximum absolute atomic E-state index is 13.8. The molecule has 0 radical (unpaired) electrons. The summed E-state index contributed by atoms with van der Waals surface area (Å²) >= 11 is 0. The van der Waals surface area contributed by atoms with Gasteiger partial charge in [-0.3, -0.25) is 28.3 Å². The van der Waals surface area contributed by atoms with Gasteiger partial charge in [-0.25, -0.2) is 18.0 Å². The van der Waals surface area contributed by atoms with Crippen molar-refractivity contribution in [2.45, 2.75) is 58.6 Å². The van der Waals surface area contributed by atoms with Crippen molar-refractivity contribution in [2.75, 3.05) is 92.1 Å². The summed E-state index contributed by atoms with van der Waals surface area (Å²) in [6, 6.07) is 24.6. The number of ether oxygens (including phenoxy) is 4. The molecular weight excluding hydrogens is 1230 g/mol. The number of benzene rings is 4. The highest BCUT2D eigenvalue weighted by Crippen LogP contribution is 2.33. The summed E-state index contributed by atoms with van der Waals surface area (Å²) in [6.45, 7) is 4.32. The van der Waals surface area contributed by atoms with Crippen molar-refractivity contribution in [3.63, 3.8) is 0 Å². The molecule has 30 heteroatoms. The number of rotatable bonds is 31. The normalized spacial score (nSPS) is 12.0. The van der Waals surface area contributed by atoms with Gasteiger partial charge < -0.3 is 50.8 Å². The Morgan fingerprint density at radius 1 is 0.467 bits per heavy atom. The van der Waals surface area contributed by atoms with E-state index < -0.39 is 91.2 Å². The molecular formula is C60H62F6N10O12S2. The highest BCUT2D eigenvalue weighted by atomic mass is 32.2. The molecule has 0 spiro atoms. The first-order valence-corrected chi connectivity index (χ1v) is 30.0. The second kappa shape index (κ2) is 34.1. The van der Waals surface area contributed by atoms with Gasteiger partial charge in [0.25, 0.3) is 22.9 Å². The van der Waals surface area contributed by atoms with E-state index in [1.807, 2.05) is 12.1 Å².